The van der Waals surface area contributed by atoms with E-state index >= 15 is 0 Å². The summed E-state index contributed by atoms with van der Waals surface area (Å²) in [5, 5.41) is 20.9. The van der Waals surface area contributed by atoms with Crippen molar-refractivity contribution >= 4 is 58.9 Å². The lowest BCUT2D eigenvalue weighted by Crippen LogP contribution is -2.32. The summed E-state index contributed by atoms with van der Waals surface area (Å²) in [6, 6.07) is 2.50. The van der Waals surface area contributed by atoms with Gasteiger partial charge in [0.15, 0.2) is 0 Å². The summed E-state index contributed by atoms with van der Waals surface area (Å²) in [5.41, 5.74) is 5.52. The number of nitrogens with zero attached hydrogens (tertiary/aromatic N) is 3. The van der Waals surface area contributed by atoms with Crippen LogP contribution in [0.4, 0.5) is 5.69 Å². The first-order chi connectivity index (χ1) is 19.3. The molecule has 0 bridgehead atoms. The maximum Gasteiger partial charge on any atom is 0.296 e. The second kappa shape index (κ2) is 13.0. The molecule has 0 saturated heterocycles. The molecule has 2 unspecified atom stereocenters. The molecule has 0 saturated carbocycles. The van der Waals surface area contributed by atoms with E-state index in [2.05, 4.69) is 20.7 Å². The van der Waals surface area contributed by atoms with Gasteiger partial charge in [-0.25, -0.2) is 0 Å². The summed E-state index contributed by atoms with van der Waals surface area (Å²) in [4.78, 5) is -1.59. The third-order valence-corrected chi connectivity index (χ3v) is 8.93. The number of hydrazone groups is 1. The fraction of sp³-hybridized carbons (Fsp3) is 0.417. The molecule has 230 valence electrons. The molecule has 3 rings (SSSR count). The molecule has 18 heteroatoms. The number of allylic oxidation sites excluding steroid dienone is 3. The monoisotopic (exact) mass is 645 g/mol. The zero-order chi connectivity index (χ0) is 31.5. The Labute approximate surface area is 243 Å². The summed E-state index contributed by atoms with van der Waals surface area (Å²) >= 11 is 0. The molecular formula is C24H31N5O10S3. The van der Waals surface area contributed by atoms with Crippen LogP contribution < -0.4 is 5.43 Å². The van der Waals surface area contributed by atoms with Gasteiger partial charge in [0.1, 0.15) is 11.0 Å². The van der Waals surface area contributed by atoms with Gasteiger partial charge in [-0.3, -0.25) is 19.1 Å². The van der Waals surface area contributed by atoms with Crippen LogP contribution in [0.3, 0.4) is 0 Å². The molecule has 1 aromatic carbocycles. The van der Waals surface area contributed by atoms with Crippen LogP contribution in [-0.4, -0.2) is 80.2 Å². The quantitative estimate of drug-likeness (QED) is 0.141. The number of benzene rings is 1. The van der Waals surface area contributed by atoms with Crippen molar-refractivity contribution in [2.24, 2.45) is 21.2 Å². The normalized spacial score (nSPS) is 23.3. The van der Waals surface area contributed by atoms with Gasteiger partial charge in [-0.2, -0.15) is 40.6 Å². The van der Waals surface area contributed by atoms with Crippen molar-refractivity contribution in [3.63, 3.8) is 0 Å². The molecule has 2 atom stereocenters. The first-order valence-electron chi connectivity index (χ1n) is 12.4. The smallest absolute Gasteiger partial charge is 0.296 e. The van der Waals surface area contributed by atoms with E-state index in [1.807, 2.05) is 13.8 Å². The van der Waals surface area contributed by atoms with E-state index in [1.54, 1.807) is 19.1 Å². The van der Waals surface area contributed by atoms with Crippen LogP contribution in [0, 0.1) is 11.3 Å². The van der Waals surface area contributed by atoms with Crippen LogP contribution in [0.1, 0.15) is 40.0 Å². The Kier molecular flexibility index (Phi) is 10.3. The van der Waals surface area contributed by atoms with E-state index in [0.717, 1.165) is 17.7 Å². The van der Waals surface area contributed by atoms with E-state index in [-0.39, 0.29) is 31.1 Å². The van der Waals surface area contributed by atoms with Gasteiger partial charge in [0.25, 0.3) is 30.4 Å². The molecule has 15 nitrogen and oxygen atoms in total. The summed E-state index contributed by atoms with van der Waals surface area (Å²) in [5.74, 6) is -0.551. The minimum atomic E-state index is -4.93. The molecule has 2 aliphatic rings. The first-order valence-corrected chi connectivity index (χ1v) is 16.9. The lowest BCUT2D eigenvalue weighted by molar-refractivity contribution is 0.103. The Hall–Kier alpha value is -3.13. The largest absolute Gasteiger partial charge is 0.371 e. The molecule has 0 aliphatic heterocycles. The van der Waals surface area contributed by atoms with E-state index in [9.17, 15) is 34.4 Å². The fourth-order valence-corrected chi connectivity index (χ4v) is 5.76. The van der Waals surface area contributed by atoms with Gasteiger partial charge < -0.3 is 10.1 Å². The van der Waals surface area contributed by atoms with E-state index in [4.69, 9.17) is 14.7 Å². The molecule has 0 spiro atoms. The Bertz CT molecular complexity index is 1740. The predicted molar refractivity (Wildman–Crippen MR) is 156 cm³/mol. The second-order valence-electron chi connectivity index (χ2n) is 9.77. The number of rotatable bonds is 10. The van der Waals surface area contributed by atoms with E-state index < -0.39 is 52.0 Å². The zero-order valence-electron chi connectivity index (χ0n) is 22.8. The van der Waals surface area contributed by atoms with Gasteiger partial charge in [-0.15, -0.1) is 0 Å². The standard InChI is InChI=1S/C24H31N5O10S3/c1-14-10-20(15(2)9-18(14)25)27-29-22-11-16(3)21(13-23(22)39-7-4-8-40(30,31)32)28-26-19-6-5-17(41(33,34)35)12-24(19)42(36,37)38/h5-6,9,11-12,14,23,25-26H,4,7-8,10,13H2,1-3H3,(H,30,31,32)(H,33,34,35)(H,36,37,38). The molecule has 0 amide bonds. The van der Waals surface area contributed by atoms with Crippen LogP contribution in [0.25, 0.3) is 0 Å². The molecule has 2 aliphatic carbocycles. The summed E-state index contributed by atoms with van der Waals surface area (Å²) in [6.07, 6.45) is 3.16. The van der Waals surface area contributed by atoms with Crippen molar-refractivity contribution in [2.45, 2.75) is 55.9 Å². The highest BCUT2D eigenvalue weighted by molar-refractivity contribution is 7.86. The Balaban J connectivity index is 1.95. The van der Waals surface area contributed by atoms with Gasteiger partial charge in [-0.1, -0.05) is 6.92 Å². The number of nitrogens with one attached hydrogen (secondary N) is 2. The van der Waals surface area contributed by atoms with Crippen molar-refractivity contribution in [1.82, 2.24) is 0 Å². The molecular weight excluding hydrogens is 614 g/mol. The van der Waals surface area contributed by atoms with Crippen LogP contribution in [0.5, 0.6) is 0 Å². The molecule has 0 fully saturated rings. The van der Waals surface area contributed by atoms with Crippen molar-refractivity contribution in [2.75, 3.05) is 17.8 Å². The highest BCUT2D eigenvalue weighted by Gasteiger charge is 2.27. The van der Waals surface area contributed by atoms with Crippen molar-refractivity contribution in [3.05, 3.63) is 41.5 Å². The fourth-order valence-electron chi connectivity index (χ4n) is 4.03. The summed E-state index contributed by atoms with van der Waals surface area (Å²) < 4.78 is 102. The van der Waals surface area contributed by atoms with Crippen LogP contribution in [0.15, 0.2) is 66.6 Å². The lowest BCUT2D eigenvalue weighted by atomic mass is 9.88. The van der Waals surface area contributed by atoms with E-state index in [1.165, 1.54) is 0 Å². The minimum absolute atomic E-state index is 0.0101. The third kappa shape index (κ3) is 9.18. The molecule has 42 heavy (non-hydrogen) atoms. The predicted octanol–water partition coefficient (Wildman–Crippen LogP) is 2.76. The van der Waals surface area contributed by atoms with Gasteiger partial charge in [0.05, 0.1) is 33.5 Å². The van der Waals surface area contributed by atoms with Crippen LogP contribution in [0.2, 0.25) is 0 Å². The number of anilines is 1. The van der Waals surface area contributed by atoms with Gasteiger partial charge >= 0.3 is 0 Å². The molecule has 5 N–H and O–H groups in total. The SMILES string of the molecule is CC1=CC(=N)C(C)CC1=NN=C1C=C(C)C(=NNc2ccc(S(=O)(=O)O)cc2S(=O)(=O)O)CC1OCCCS(=O)(=O)O. The van der Waals surface area contributed by atoms with Crippen LogP contribution >= 0.6 is 0 Å². The second-order valence-corrected chi connectivity index (χ2v) is 14.2. The van der Waals surface area contributed by atoms with Crippen molar-refractivity contribution in [1.29, 1.82) is 5.41 Å². The average Bonchev–Trinajstić information content (AvgIpc) is 2.86. The maximum atomic E-state index is 11.9. The molecule has 0 aromatic heterocycles. The average molecular weight is 646 g/mol. The van der Waals surface area contributed by atoms with Crippen molar-refractivity contribution < 1.29 is 43.6 Å². The highest BCUT2D eigenvalue weighted by atomic mass is 32.2. The third-order valence-electron chi connectivity index (χ3n) is 6.38. The molecule has 0 heterocycles. The Morgan fingerprint density at radius 3 is 2.24 bits per heavy atom. The van der Waals surface area contributed by atoms with E-state index in [0.29, 0.717) is 40.9 Å². The van der Waals surface area contributed by atoms with Gasteiger partial charge in [-0.05, 0) is 68.2 Å². The Morgan fingerprint density at radius 1 is 0.952 bits per heavy atom. The first kappa shape index (κ1) is 33.4. The Morgan fingerprint density at radius 2 is 1.62 bits per heavy atom. The molecule has 0 radical (unpaired) electrons. The highest BCUT2D eigenvalue weighted by Crippen LogP contribution is 2.26. The number of ether oxygens (including phenoxy) is 1. The molecule has 1 aromatic rings. The minimum Gasteiger partial charge on any atom is -0.371 e. The van der Waals surface area contributed by atoms with Crippen molar-refractivity contribution in [3.8, 4) is 0 Å². The zero-order valence-corrected chi connectivity index (χ0v) is 25.3. The number of hydrogen-bond donors (Lipinski definition) is 5. The summed E-state index contributed by atoms with van der Waals surface area (Å²) in [6.45, 7) is 5.35. The topological polar surface area (TPSA) is 245 Å². The van der Waals surface area contributed by atoms with Gasteiger partial charge in [0.2, 0.25) is 0 Å². The maximum absolute atomic E-state index is 11.9. The number of hydrogen-bond acceptors (Lipinski definition) is 12. The van der Waals surface area contributed by atoms with Gasteiger partial charge in [0, 0.05) is 24.7 Å². The lowest BCUT2D eigenvalue weighted by Gasteiger charge is -2.24. The summed E-state index contributed by atoms with van der Waals surface area (Å²) in [7, 11) is -13.9. The van der Waals surface area contributed by atoms with Crippen LogP contribution in [-0.2, 0) is 35.1 Å².